The molecule has 0 atom stereocenters. The summed E-state index contributed by atoms with van der Waals surface area (Å²) in [6.45, 7) is 1.49. The Morgan fingerprint density at radius 2 is 2.15 bits per heavy atom. The van der Waals surface area contributed by atoms with E-state index in [1.165, 1.54) is 5.56 Å². The Morgan fingerprint density at radius 3 is 3.04 bits per heavy atom. The van der Waals surface area contributed by atoms with Crippen molar-refractivity contribution in [3.05, 3.63) is 58.4 Å². The maximum atomic E-state index is 12.1. The fourth-order valence-corrected chi connectivity index (χ4v) is 3.70. The van der Waals surface area contributed by atoms with Gasteiger partial charge in [-0.1, -0.05) is 12.1 Å². The standard InChI is InChI=1S/C20H21N5OS/c26-20(25-18-5-1-4-17(24-18)15-9-12-27-13-15)22-11-8-16-7-6-14-3-2-10-21-19(14)23-16/h1,4-7,9,12-13H,2-3,8,10-11H2,(H,21,23)(H2,22,24,25,26). The summed E-state index contributed by atoms with van der Waals surface area (Å²) in [5.74, 6) is 1.52. The van der Waals surface area contributed by atoms with Gasteiger partial charge in [0.2, 0.25) is 0 Å². The number of hydrogen-bond acceptors (Lipinski definition) is 5. The van der Waals surface area contributed by atoms with Crippen LogP contribution in [0, 0.1) is 0 Å². The first-order chi connectivity index (χ1) is 13.3. The zero-order chi connectivity index (χ0) is 18.5. The van der Waals surface area contributed by atoms with Gasteiger partial charge in [0.15, 0.2) is 0 Å². The van der Waals surface area contributed by atoms with E-state index in [4.69, 9.17) is 0 Å². The van der Waals surface area contributed by atoms with E-state index in [-0.39, 0.29) is 6.03 Å². The molecule has 138 valence electrons. The minimum atomic E-state index is -0.263. The van der Waals surface area contributed by atoms with E-state index in [9.17, 15) is 4.79 Å². The molecule has 4 rings (SSSR count). The summed E-state index contributed by atoms with van der Waals surface area (Å²) < 4.78 is 0. The van der Waals surface area contributed by atoms with E-state index in [0.717, 1.165) is 42.2 Å². The van der Waals surface area contributed by atoms with Crippen molar-refractivity contribution in [3.8, 4) is 11.3 Å². The summed E-state index contributed by atoms with van der Waals surface area (Å²) in [6.07, 6.45) is 2.91. The predicted molar refractivity (Wildman–Crippen MR) is 109 cm³/mol. The van der Waals surface area contributed by atoms with Gasteiger partial charge >= 0.3 is 6.03 Å². The first kappa shape index (κ1) is 17.5. The van der Waals surface area contributed by atoms with Crippen molar-refractivity contribution >= 4 is 29.0 Å². The van der Waals surface area contributed by atoms with Gasteiger partial charge in [-0.15, -0.1) is 0 Å². The molecule has 1 aliphatic rings. The maximum absolute atomic E-state index is 12.1. The van der Waals surface area contributed by atoms with Crippen LogP contribution in [0.1, 0.15) is 17.7 Å². The Morgan fingerprint density at radius 1 is 1.19 bits per heavy atom. The number of aromatic nitrogens is 2. The van der Waals surface area contributed by atoms with Crippen LogP contribution in [0.15, 0.2) is 47.2 Å². The number of nitrogens with one attached hydrogen (secondary N) is 3. The Hall–Kier alpha value is -2.93. The number of hydrogen-bond donors (Lipinski definition) is 3. The molecule has 0 aliphatic carbocycles. The number of anilines is 2. The van der Waals surface area contributed by atoms with Crippen LogP contribution in [0.4, 0.5) is 16.4 Å². The van der Waals surface area contributed by atoms with Crippen LogP contribution in [0.2, 0.25) is 0 Å². The van der Waals surface area contributed by atoms with E-state index in [2.05, 4.69) is 32.0 Å². The molecule has 0 aromatic carbocycles. The van der Waals surface area contributed by atoms with Crippen molar-refractivity contribution in [1.82, 2.24) is 15.3 Å². The van der Waals surface area contributed by atoms with Gasteiger partial charge in [0, 0.05) is 36.1 Å². The second-order valence-electron chi connectivity index (χ2n) is 6.39. The average molecular weight is 379 g/mol. The molecule has 0 radical (unpaired) electrons. The molecular weight excluding hydrogens is 358 g/mol. The number of carbonyl (C=O) groups is 1. The lowest BCUT2D eigenvalue weighted by Gasteiger charge is -2.17. The lowest BCUT2D eigenvalue weighted by Crippen LogP contribution is -2.31. The molecule has 7 heteroatoms. The van der Waals surface area contributed by atoms with E-state index in [0.29, 0.717) is 18.8 Å². The topological polar surface area (TPSA) is 78.9 Å². The summed E-state index contributed by atoms with van der Waals surface area (Å²) in [6, 6.07) is 11.5. The molecule has 27 heavy (non-hydrogen) atoms. The van der Waals surface area contributed by atoms with Gasteiger partial charge in [-0.2, -0.15) is 11.3 Å². The number of amides is 2. The Labute approximate surface area is 162 Å². The second kappa shape index (κ2) is 8.18. The predicted octanol–water partition coefficient (Wildman–Crippen LogP) is 3.93. The monoisotopic (exact) mass is 379 g/mol. The summed E-state index contributed by atoms with van der Waals surface area (Å²) in [5.41, 5.74) is 4.14. The minimum Gasteiger partial charge on any atom is -0.370 e. The van der Waals surface area contributed by atoms with E-state index in [1.807, 2.05) is 35.0 Å². The third-order valence-corrected chi connectivity index (χ3v) is 5.11. The number of carbonyl (C=O) groups excluding carboxylic acids is 1. The van der Waals surface area contributed by atoms with Gasteiger partial charge in [-0.05, 0) is 48.1 Å². The fraction of sp³-hybridized carbons (Fsp3) is 0.250. The number of aryl methyl sites for hydroxylation is 1. The lowest BCUT2D eigenvalue weighted by molar-refractivity contribution is 0.252. The van der Waals surface area contributed by atoms with Crippen LogP contribution in [0.25, 0.3) is 11.3 Å². The number of fused-ring (bicyclic) bond motifs is 1. The zero-order valence-corrected chi connectivity index (χ0v) is 15.7. The Bertz CT molecular complexity index is 926. The number of urea groups is 1. The fourth-order valence-electron chi connectivity index (χ4n) is 3.05. The van der Waals surface area contributed by atoms with Crippen LogP contribution >= 0.6 is 11.3 Å². The largest absolute Gasteiger partial charge is 0.370 e. The number of pyridine rings is 2. The molecular formula is C20H21N5OS. The maximum Gasteiger partial charge on any atom is 0.320 e. The summed E-state index contributed by atoms with van der Waals surface area (Å²) in [5, 5.41) is 13.0. The first-order valence-electron chi connectivity index (χ1n) is 9.05. The molecule has 3 aromatic rings. The van der Waals surface area contributed by atoms with Crippen LogP contribution < -0.4 is 16.0 Å². The number of rotatable bonds is 5. The van der Waals surface area contributed by atoms with Gasteiger partial charge in [-0.25, -0.2) is 14.8 Å². The number of thiophene rings is 1. The van der Waals surface area contributed by atoms with Crippen molar-refractivity contribution < 1.29 is 4.79 Å². The smallest absolute Gasteiger partial charge is 0.320 e. The highest BCUT2D eigenvalue weighted by Gasteiger charge is 2.10. The van der Waals surface area contributed by atoms with E-state index < -0.39 is 0 Å². The summed E-state index contributed by atoms with van der Waals surface area (Å²) >= 11 is 1.62. The molecule has 0 spiro atoms. The van der Waals surface area contributed by atoms with Gasteiger partial charge in [0.05, 0.1) is 5.69 Å². The van der Waals surface area contributed by atoms with Gasteiger partial charge < -0.3 is 10.6 Å². The normalized spacial score (nSPS) is 12.7. The molecule has 1 aliphatic heterocycles. The Balaban J connectivity index is 1.29. The van der Waals surface area contributed by atoms with Crippen molar-refractivity contribution in [2.24, 2.45) is 0 Å². The van der Waals surface area contributed by atoms with Crippen LogP contribution in [0.3, 0.4) is 0 Å². The van der Waals surface area contributed by atoms with E-state index in [1.54, 1.807) is 17.4 Å². The number of nitrogens with zero attached hydrogens (tertiary/aromatic N) is 2. The molecule has 2 amide bonds. The molecule has 4 heterocycles. The SMILES string of the molecule is O=C(NCCc1ccc2c(n1)NCCC2)Nc1cccc(-c2ccsc2)n1. The van der Waals surface area contributed by atoms with Crippen molar-refractivity contribution in [3.63, 3.8) is 0 Å². The zero-order valence-electron chi connectivity index (χ0n) is 14.9. The lowest BCUT2D eigenvalue weighted by atomic mass is 10.1. The van der Waals surface area contributed by atoms with Gasteiger partial charge in [0.1, 0.15) is 11.6 Å². The third-order valence-electron chi connectivity index (χ3n) is 4.43. The minimum absolute atomic E-state index is 0.263. The highest BCUT2D eigenvalue weighted by atomic mass is 32.1. The molecule has 6 nitrogen and oxygen atoms in total. The molecule has 0 bridgehead atoms. The molecule has 0 saturated heterocycles. The van der Waals surface area contributed by atoms with Crippen molar-refractivity contribution in [1.29, 1.82) is 0 Å². The average Bonchev–Trinajstić information content (AvgIpc) is 3.23. The second-order valence-corrected chi connectivity index (χ2v) is 7.17. The highest BCUT2D eigenvalue weighted by molar-refractivity contribution is 7.08. The Kier molecular flexibility index (Phi) is 5.29. The van der Waals surface area contributed by atoms with Crippen LogP contribution in [-0.2, 0) is 12.8 Å². The molecule has 3 aromatic heterocycles. The molecule has 3 N–H and O–H groups in total. The van der Waals surface area contributed by atoms with Crippen LogP contribution in [-0.4, -0.2) is 29.1 Å². The van der Waals surface area contributed by atoms with Crippen molar-refractivity contribution in [2.45, 2.75) is 19.3 Å². The highest BCUT2D eigenvalue weighted by Crippen LogP contribution is 2.21. The van der Waals surface area contributed by atoms with Crippen molar-refractivity contribution in [2.75, 3.05) is 23.7 Å². The van der Waals surface area contributed by atoms with Crippen LogP contribution in [0.5, 0.6) is 0 Å². The molecule has 0 unspecified atom stereocenters. The molecule has 0 fully saturated rings. The van der Waals surface area contributed by atoms with E-state index >= 15 is 0 Å². The first-order valence-corrected chi connectivity index (χ1v) is 9.99. The quantitative estimate of drug-likeness (QED) is 0.628. The summed E-state index contributed by atoms with van der Waals surface area (Å²) in [7, 11) is 0. The van der Waals surface area contributed by atoms with Gasteiger partial charge in [0.25, 0.3) is 0 Å². The third kappa shape index (κ3) is 4.43. The van der Waals surface area contributed by atoms with Gasteiger partial charge in [-0.3, -0.25) is 5.32 Å². The summed E-state index contributed by atoms with van der Waals surface area (Å²) in [4.78, 5) is 21.3. The molecule has 0 saturated carbocycles.